The van der Waals surface area contributed by atoms with Crippen LogP contribution in [-0.2, 0) is 0 Å². The van der Waals surface area contributed by atoms with Crippen molar-refractivity contribution in [1.82, 2.24) is 4.90 Å². The van der Waals surface area contributed by atoms with Crippen LogP contribution in [0.15, 0.2) is 127 Å². The second-order valence-corrected chi connectivity index (χ2v) is 9.33. The molecule has 0 amide bonds. The standard InChI is InChI=1S/C34H32FN/c35-32-20-18-28(19-21-32)33(27-11-4-1-5-12-27)17-10-24-36-25-22-31(23-26-36)34(29-13-6-2-7-14-29)30-15-8-3-9-16-30/h1-9,11-21H,10,22-26H2/b33-17-. The van der Waals surface area contributed by atoms with Crippen LogP contribution >= 0.6 is 0 Å². The lowest BCUT2D eigenvalue weighted by molar-refractivity contribution is 0.262. The molecule has 0 N–H and O–H groups in total. The Balaban J connectivity index is 1.30. The fourth-order valence-electron chi connectivity index (χ4n) is 5.12. The Morgan fingerprint density at radius 1 is 0.611 bits per heavy atom. The van der Waals surface area contributed by atoms with Gasteiger partial charge in [0.1, 0.15) is 5.82 Å². The fraction of sp³-hybridized carbons (Fsp3) is 0.176. The lowest BCUT2D eigenvalue weighted by atomic mass is 9.88. The quantitative estimate of drug-likeness (QED) is 0.261. The van der Waals surface area contributed by atoms with Crippen molar-refractivity contribution in [1.29, 1.82) is 0 Å². The predicted molar refractivity (Wildman–Crippen MR) is 149 cm³/mol. The van der Waals surface area contributed by atoms with E-state index >= 15 is 0 Å². The van der Waals surface area contributed by atoms with E-state index in [2.05, 4.69) is 95.9 Å². The third-order valence-corrected chi connectivity index (χ3v) is 6.97. The third-order valence-electron chi connectivity index (χ3n) is 6.97. The first-order valence-corrected chi connectivity index (χ1v) is 12.8. The maximum atomic E-state index is 13.5. The summed E-state index contributed by atoms with van der Waals surface area (Å²) in [7, 11) is 0. The van der Waals surface area contributed by atoms with E-state index in [1.807, 2.05) is 18.2 Å². The summed E-state index contributed by atoms with van der Waals surface area (Å²) in [6.07, 6.45) is 5.46. The number of benzene rings is 4. The zero-order chi connectivity index (χ0) is 24.6. The van der Waals surface area contributed by atoms with Crippen LogP contribution in [0, 0.1) is 5.82 Å². The Bertz CT molecular complexity index is 1250. The fourth-order valence-corrected chi connectivity index (χ4v) is 5.12. The Kier molecular flexibility index (Phi) is 7.85. The molecule has 0 bridgehead atoms. The highest BCUT2D eigenvalue weighted by Crippen LogP contribution is 2.32. The Morgan fingerprint density at radius 3 is 1.61 bits per heavy atom. The van der Waals surface area contributed by atoms with Gasteiger partial charge in [-0.15, -0.1) is 0 Å². The third kappa shape index (κ3) is 5.90. The number of hydrogen-bond donors (Lipinski definition) is 0. The number of nitrogens with zero attached hydrogens (tertiary/aromatic N) is 1. The molecular weight excluding hydrogens is 441 g/mol. The summed E-state index contributed by atoms with van der Waals surface area (Å²) in [5, 5.41) is 0. The molecule has 0 radical (unpaired) electrons. The van der Waals surface area contributed by atoms with Gasteiger partial charge in [0, 0.05) is 19.6 Å². The van der Waals surface area contributed by atoms with Gasteiger partial charge in [-0.3, -0.25) is 0 Å². The van der Waals surface area contributed by atoms with E-state index in [-0.39, 0.29) is 5.82 Å². The Labute approximate surface area is 214 Å². The SMILES string of the molecule is Fc1ccc(/C(=C\CCN2CCC(=C(c3ccccc3)c3ccccc3)CC2)c2ccccc2)cc1. The summed E-state index contributed by atoms with van der Waals surface area (Å²) in [5.74, 6) is -0.200. The summed E-state index contributed by atoms with van der Waals surface area (Å²) >= 11 is 0. The van der Waals surface area contributed by atoms with Crippen molar-refractivity contribution in [3.63, 3.8) is 0 Å². The lowest BCUT2D eigenvalue weighted by Gasteiger charge is -2.30. The average Bonchev–Trinajstić information content (AvgIpc) is 2.94. The van der Waals surface area contributed by atoms with Crippen LogP contribution in [0.3, 0.4) is 0 Å². The molecule has 0 atom stereocenters. The van der Waals surface area contributed by atoms with Gasteiger partial charge in [0.05, 0.1) is 0 Å². The van der Waals surface area contributed by atoms with E-state index < -0.39 is 0 Å². The summed E-state index contributed by atoms with van der Waals surface area (Å²) < 4.78 is 13.5. The van der Waals surface area contributed by atoms with Gasteiger partial charge in [-0.2, -0.15) is 0 Å². The predicted octanol–water partition coefficient (Wildman–Crippen LogP) is 8.25. The number of likely N-dealkylation sites (tertiary alicyclic amines) is 1. The Morgan fingerprint density at radius 2 is 1.08 bits per heavy atom. The average molecular weight is 474 g/mol. The summed E-state index contributed by atoms with van der Waals surface area (Å²) in [4.78, 5) is 2.57. The van der Waals surface area contributed by atoms with Crippen molar-refractivity contribution in [2.45, 2.75) is 19.3 Å². The highest BCUT2D eigenvalue weighted by Gasteiger charge is 2.18. The van der Waals surface area contributed by atoms with E-state index in [1.54, 1.807) is 17.7 Å². The second-order valence-electron chi connectivity index (χ2n) is 9.33. The molecule has 0 unspecified atom stereocenters. The van der Waals surface area contributed by atoms with E-state index in [9.17, 15) is 4.39 Å². The van der Waals surface area contributed by atoms with Gasteiger partial charge in [0.25, 0.3) is 0 Å². The minimum Gasteiger partial charge on any atom is -0.302 e. The molecule has 1 aliphatic rings. The molecule has 0 aromatic heterocycles. The van der Waals surface area contributed by atoms with Crippen molar-refractivity contribution >= 4 is 11.1 Å². The molecular formula is C34H32FN. The zero-order valence-corrected chi connectivity index (χ0v) is 20.6. The summed E-state index contributed by atoms with van der Waals surface area (Å²) in [6.45, 7) is 3.17. The normalized spacial score (nSPS) is 14.6. The van der Waals surface area contributed by atoms with Gasteiger partial charge in [-0.1, -0.05) is 115 Å². The molecule has 1 nitrogen and oxygen atoms in total. The van der Waals surface area contributed by atoms with Gasteiger partial charge in [0.15, 0.2) is 0 Å². The molecule has 0 spiro atoms. The molecule has 0 aliphatic carbocycles. The molecule has 180 valence electrons. The molecule has 1 fully saturated rings. The van der Waals surface area contributed by atoms with Gasteiger partial charge in [0.2, 0.25) is 0 Å². The van der Waals surface area contributed by atoms with Crippen LogP contribution in [0.2, 0.25) is 0 Å². The van der Waals surface area contributed by atoms with Crippen molar-refractivity contribution in [3.05, 3.63) is 155 Å². The number of rotatable bonds is 7. The van der Waals surface area contributed by atoms with Crippen LogP contribution < -0.4 is 0 Å². The highest BCUT2D eigenvalue weighted by atomic mass is 19.1. The van der Waals surface area contributed by atoms with E-state index in [4.69, 9.17) is 0 Å². The first-order chi connectivity index (χ1) is 17.8. The van der Waals surface area contributed by atoms with Gasteiger partial charge in [-0.25, -0.2) is 4.39 Å². The smallest absolute Gasteiger partial charge is 0.123 e. The first kappa shape index (κ1) is 24.0. The van der Waals surface area contributed by atoms with Crippen LogP contribution in [0.5, 0.6) is 0 Å². The van der Waals surface area contributed by atoms with Gasteiger partial charge < -0.3 is 4.90 Å². The first-order valence-electron chi connectivity index (χ1n) is 12.8. The maximum Gasteiger partial charge on any atom is 0.123 e. The summed E-state index contributed by atoms with van der Waals surface area (Å²) in [6, 6.07) is 38.9. The second kappa shape index (κ2) is 11.8. The lowest BCUT2D eigenvalue weighted by Crippen LogP contribution is -2.31. The van der Waals surface area contributed by atoms with E-state index in [1.165, 1.54) is 27.8 Å². The van der Waals surface area contributed by atoms with Crippen LogP contribution in [0.1, 0.15) is 41.5 Å². The van der Waals surface area contributed by atoms with Gasteiger partial charge >= 0.3 is 0 Å². The molecule has 1 heterocycles. The zero-order valence-electron chi connectivity index (χ0n) is 20.6. The molecule has 1 aliphatic heterocycles. The van der Waals surface area contributed by atoms with Gasteiger partial charge in [-0.05, 0) is 64.8 Å². The topological polar surface area (TPSA) is 3.24 Å². The number of halogens is 1. The molecule has 1 saturated heterocycles. The molecule has 36 heavy (non-hydrogen) atoms. The van der Waals surface area contributed by atoms with Crippen molar-refractivity contribution in [2.24, 2.45) is 0 Å². The largest absolute Gasteiger partial charge is 0.302 e. The van der Waals surface area contributed by atoms with Crippen LogP contribution in [0.4, 0.5) is 4.39 Å². The molecule has 4 aromatic rings. The summed E-state index contributed by atoms with van der Waals surface area (Å²) in [5.41, 5.74) is 8.96. The Hall–Kier alpha value is -3.75. The van der Waals surface area contributed by atoms with Crippen molar-refractivity contribution in [2.75, 3.05) is 19.6 Å². The molecule has 5 rings (SSSR count). The minimum absolute atomic E-state index is 0.200. The van der Waals surface area contributed by atoms with Crippen LogP contribution in [-0.4, -0.2) is 24.5 Å². The molecule has 2 heteroatoms. The van der Waals surface area contributed by atoms with E-state index in [0.717, 1.165) is 44.5 Å². The van der Waals surface area contributed by atoms with E-state index in [0.29, 0.717) is 0 Å². The highest BCUT2D eigenvalue weighted by molar-refractivity contribution is 5.82. The maximum absolute atomic E-state index is 13.5. The number of hydrogen-bond acceptors (Lipinski definition) is 1. The monoisotopic (exact) mass is 473 g/mol. The number of piperidine rings is 1. The van der Waals surface area contributed by atoms with Crippen molar-refractivity contribution in [3.8, 4) is 0 Å². The minimum atomic E-state index is -0.200. The molecule has 4 aromatic carbocycles. The molecule has 0 saturated carbocycles. The van der Waals surface area contributed by atoms with Crippen molar-refractivity contribution < 1.29 is 4.39 Å². The van der Waals surface area contributed by atoms with Crippen LogP contribution in [0.25, 0.3) is 11.1 Å².